The number of urea groups is 1. The van der Waals surface area contributed by atoms with E-state index in [1.807, 2.05) is 13.8 Å². The van der Waals surface area contributed by atoms with Gasteiger partial charge in [0.25, 0.3) is 11.8 Å². The molecule has 1 fully saturated rings. The SMILES string of the molecule is CC(C)CN1C(=O)C(=O)N(CCN2C(=O)c3ccccc3C2=O)C1=O. The van der Waals surface area contributed by atoms with Gasteiger partial charge in [-0.15, -0.1) is 0 Å². The molecule has 0 radical (unpaired) electrons. The summed E-state index contributed by atoms with van der Waals surface area (Å²) in [6.07, 6.45) is 0. The molecule has 0 aliphatic carbocycles. The Morgan fingerprint density at radius 3 is 1.72 bits per heavy atom. The summed E-state index contributed by atoms with van der Waals surface area (Å²) in [6.45, 7) is 3.45. The average molecular weight is 343 g/mol. The second-order valence-corrected chi connectivity index (χ2v) is 6.36. The van der Waals surface area contributed by atoms with Crippen molar-refractivity contribution in [3.63, 3.8) is 0 Å². The van der Waals surface area contributed by atoms with Crippen LogP contribution in [0.1, 0.15) is 34.6 Å². The first-order valence-corrected chi connectivity index (χ1v) is 7.95. The number of benzene rings is 1. The summed E-state index contributed by atoms with van der Waals surface area (Å²) in [5.74, 6) is -2.71. The van der Waals surface area contributed by atoms with Gasteiger partial charge >= 0.3 is 17.8 Å². The zero-order chi connectivity index (χ0) is 18.3. The monoisotopic (exact) mass is 343 g/mol. The van der Waals surface area contributed by atoms with Crippen LogP contribution in [0.15, 0.2) is 24.3 Å². The van der Waals surface area contributed by atoms with E-state index in [-0.39, 0.29) is 25.6 Å². The zero-order valence-electron chi connectivity index (χ0n) is 13.9. The van der Waals surface area contributed by atoms with Gasteiger partial charge in [-0.05, 0) is 18.1 Å². The van der Waals surface area contributed by atoms with Crippen molar-refractivity contribution in [1.82, 2.24) is 14.7 Å². The van der Waals surface area contributed by atoms with Gasteiger partial charge in [-0.3, -0.25) is 33.9 Å². The van der Waals surface area contributed by atoms with Gasteiger partial charge in [0.2, 0.25) is 0 Å². The van der Waals surface area contributed by atoms with Crippen LogP contribution in [-0.4, -0.2) is 64.0 Å². The van der Waals surface area contributed by atoms with Gasteiger partial charge in [-0.2, -0.15) is 0 Å². The Kier molecular flexibility index (Phi) is 4.12. The molecule has 1 aromatic carbocycles. The Balaban J connectivity index is 1.71. The van der Waals surface area contributed by atoms with Crippen molar-refractivity contribution >= 4 is 29.7 Å². The second kappa shape index (κ2) is 6.12. The second-order valence-electron chi connectivity index (χ2n) is 6.36. The average Bonchev–Trinajstić information content (AvgIpc) is 2.93. The third-order valence-corrected chi connectivity index (χ3v) is 4.11. The molecule has 8 nitrogen and oxygen atoms in total. The molecule has 1 aromatic rings. The van der Waals surface area contributed by atoms with Crippen molar-refractivity contribution in [1.29, 1.82) is 0 Å². The Morgan fingerprint density at radius 2 is 1.20 bits per heavy atom. The maximum Gasteiger partial charge on any atom is 0.334 e. The number of fused-ring (bicyclic) bond motifs is 1. The van der Waals surface area contributed by atoms with Crippen molar-refractivity contribution in [3.8, 4) is 0 Å². The fourth-order valence-electron chi connectivity index (χ4n) is 2.92. The molecular formula is C17H17N3O5. The Morgan fingerprint density at radius 1 is 0.720 bits per heavy atom. The number of hydrogen-bond acceptors (Lipinski definition) is 5. The summed E-state index contributed by atoms with van der Waals surface area (Å²) in [5, 5.41) is 0. The van der Waals surface area contributed by atoms with Crippen LogP contribution in [0.3, 0.4) is 0 Å². The molecule has 8 heteroatoms. The lowest BCUT2D eigenvalue weighted by molar-refractivity contribution is -0.143. The van der Waals surface area contributed by atoms with Crippen LogP contribution < -0.4 is 0 Å². The highest BCUT2D eigenvalue weighted by Crippen LogP contribution is 2.22. The summed E-state index contributed by atoms with van der Waals surface area (Å²) >= 11 is 0. The predicted molar refractivity (Wildman–Crippen MR) is 85.5 cm³/mol. The van der Waals surface area contributed by atoms with Gasteiger partial charge in [0, 0.05) is 19.6 Å². The quantitative estimate of drug-likeness (QED) is 0.446. The number of carbonyl (C=O) groups excluding carboxylic acids is 5. The van der Waals surface area contributed by atoms with Crippen LogP contribution in [0, 0.1) is 5.92 Å². The van der Waals surface area contributed by atoms with Crippen molar-refractivity contribution in [2.75, 3.05) is 19.6 Å². The summed E-state index contributed by atoms with van der Waals surface area (Å²) in [7, 11) is 0. The van der Waals surface area contributed by atoms with Gasteiger partial charge < -0.3 is 0 Å². The molecule has 0 N–H and O–H groups in total. The van der Waals surface area contributed by atoms with E-state index in [9.17, 15) is 24.0 Å². The van der Waals surface area contributed by atoms with Crippen molar-refractivity contribution in [3.05, 3.63) is 35.4 Å². The van der Waals surface area contributed by atoms with E-state index in [1.54, 1.807) is 24.3 Å². The first-order valence-electron chi connectivity index (χ1n) is 7.95. The molecule has 0 unspecified atom stereocenters. The molecule has 0 spiro atoms. The molecule has 0 saturated carbocycles. The highest BCUT2D eigenvalue weighted by molar-refractivity contribution is 6.44. The van der Waals surface area contributed by atoms with Gasteiger partial charge in [0.15, 0.2) is 0 Å². The molecule has 0 bridgehead atoms. The number of amides is 6. The van der Waals surface area contributed by atoms with Crippen molar-refractivity contribution < 1.29 is 24.0 Å². The van der Waals surface area contributed by atoms with E-state index in [2.05, 4.69) is 0 Å². The molecule has 6 amide bonds. The fraction of sp³-hybridized carbons (Fsp3) is 0.353. The summed E-state index contributed by atoms with van der Waals surface area (Å²) in [4.78, 5) is 63.5. The summed E-state index contributed by atoms with van der Waals surface area (Å²) in [6, 6.07) is 5.71. The van der Waals surface area contributed by atoms with Gasteiger partial charge in [0.05, 0.1) is 11.1 Å². The Hall–Kier alpha value is -3.03. The minimum absolute atomic E-state index is 0.0249. The molecule has 130 valence electrons. The number of rotatable bonds is 5. The fourth-order valence-corrected chi connectivity index (χ4v) is 2.92. The van der Waals surface area contributed by atoms with Crippen LogP contribution in [0.2, 0.25) is 0 Å². The number of hydrogen-bond donors (Lipinski definition) is 0. The normalized spacial score (nSPS) is 17.4. The molecule has 3 rings (SSSR count). The Bertz CT molecular complexity index is 766. The third-order valence-electron chi connectivity index (χ3n) is 4.11. The van der Waals surface area contributed by atoms with Crippen LogP contribution in [0.5, 0.6) is 0 Å². The topological polar surface area (TPSA) is 95.1 Å². The molecule has 2 aliphatic heterocycles. The molecule has 2 aliphatic rings. The van der Waals surface area contributed by atoms with Crippen LogP contribution >= 0.6 is 0 Å². The van der Waals surface area contributed by atoms with Crippen LogP contribution in [0.4, 0.5) is 4.79 Å². The Labute approximate surface area is 144 Å². The summed E-state index contributed by atoms with van der Waals surface area (Å²) < 4.78 is 0. The van der Waals surface area contributed by atoms with Gasteiger partial charge in [-0.1, -0.05) is 26.0 Å². The molecule has 2 heterocycles. The third kappa shape index (κ3) is 2.69. The molecule has 25 heavy (non-hydrogen) atoms. The summed E-state index contributed by atoms with van der Waals surface area (Å²) in [5.41, 5.74) is 0.591. The van der Waals surface area contributed by atoms with E-state index in [0.717, 1.165) is 14.7 Å². The number of carbonyl (C=O) groups is 5. The van der Waals surface area contributed by atoms with E-state index in [4.69, 9.17) is 0 Å². The highest BCUT2D eigenvalue weighted by atomic mass is 16.2. The van der Waals surface area contributed by atoms with E-state index >= 15 is 0 Å². The van der Waals surface area contributed by atoms with Crippen molar-refractivity contribution in [2.45, 2.75) is 13.8 Å². The molecule has 0 atom stereocenters. The van der Waals surface area contributed by atoms with Crippen LogP contribution in [0.25, 0.3) is 0 Å². The maximum absolute atomic E-state index is 12.3. The lowest BCUT2D eigenvalue weighted by atomic mass is 10.1. The predicted octanol–water partition coefficient (Wildman–Crippen LogP) is 0.729. The van der Waals surface area contributed by atoms with Crippen molar-refractivity contribution in [2.24, 2.45) is 5.92 Å². The maximum atomic E-state index is 12.3. The number of nitrogens with zero attached hydrogens (tertiary/aromatic N) is 3. The van der Waals surface area contributed by atoms with E-state index in [1.165, 1.54) is 0 Å². The first kappa shape index (κ1) is 16.8. The minimum atomic E-state index is -0.928. The number of imide groups is 3. The lowest BCUT2D eigenvalue weighted by Gasteiger charge is -2.19. The van der Waals surface area contributed by atoms with E-state index in [0.29, 0.717) is 11.1 Å². The van der Waals surface area contributed by atoms with Crippen LogP contribution in [-0.2, 0) is 9.59 Å². The van der Waals surface area contributed by atoms with E-state index < -0.39 is 29.7 Å². The minimum Gasteiger partial charge on any atom is -0.273 e. The van der Waals surface area contributed by atoms with Gasteiger partial charge in [0.1, 0.15) is 0 Å². The molecule has 0 aromatic heterocycles. The molecular weight excluding hydrogens is 326 g/mol. The lowest BCUT2D eigenvalue weighted by Crippen LogP contribution is -2.41. The smallest absolute Gasteiger partial charge is 0.273 e. The highest BCUT2D eigenvalue weighted by Gasteiger charge is 2.45. The largest absolute Gasteiger partial charge is 0.334 e. The molecule has 1 saturated heterocycles. The zero-order valence-corrected chi connectivity index (χ0v) is 13.9. The van der Waals surface area contributed by atoms with Gasteiger partial charge in [-0.25, -0.2) is 4.79 Å². The first-order chi connectivity index (χ1) is 11.8. The standard InChI is InChI=1S/C17H17N3O5/c1-10(2)9-20-16(24)15(23)19(17(20)25)8-7-18-13(21)11-5-3-4-6-12(11)14(18)22/h3-6,10H,7-9H2,1-2H3.